The van der Waals surface area contributed by atoms with Gasteiger partial charge in [0.2, 0.25) is 0 Å². The van der Waals surface area contributed by atoms with Gasteiger partial charge in [-0.25, -0.2) is 0 Å². The molecule has 0 spiro atoms. The number of hydrogen-bond acceptors (Lipinski definition) is 7. The number of nitrogens with one attached hydrogen (secondary N) is 1. The molecule has 3 aliphatic rings. The molecule has 7 nitrogen and oxygen atoms in total. The van der Waals surface area contributed by atoms with E-state index in [0.29, 0.717) is 48.2 Å². The zero-order valence-corrected chi connectivity index (χ0v) is 18.0. The van der Waals surface area contributed by atoms with Crippen molar-refractivity contribution in [2.24, 2.45) is 17.8 Å². The maximum Gasteiger partial charge on any atom is 0.416 e. The third-order valence-corrected chi connectivity index (χ3v) is 8.21. The van der Waals surface area contributed by atoms with Crippen LogP contribution < -0.4 is 15.8 Å². The van der Waals surface area contributed by atoms with Gasteiger partial charge in [-0.1, -0.05) is 30.6 Å². The van der Waals surface area contributed by atoms with Gasteiger partial charge < -0.3 is 10.2 Å². The van der Waals surface area contributed by atoms with E-state index in [1.54, 1.807) is 0 Å². The number of nitro groups is 1. The van der Waals surface area contributed by atoms with Crippen molar-refractivity contribution in [3.05, 3.63) is 38.2 Å². The monoisotopic (exact) mass is 468 g/mol. The van der Waals surface area contributed by atoms with E-state index in [1.807, 2.05) is 4.90 Å². The van der Waals surface area contributed by atoms with Crippen molar-refractivity contribution in [3.8, 4) is 0 Å². The Balaban J connectivity index is 1.33. The number of nitrogens with zero attached hydrogens (tertiary/aromatic N) is 3. The molecular weight excluding hydrogens is 445 g/mol. The molecule has 2 aromatic rings. The van der Waals surface area contributed by atoms with Crippen LogP contribution in [0.15, 0.2) is 16.9 Å². The van der Waals surface area contributed by atoms with E-state index in [-0.39, 0.29) is 10.1 Å². The van der Waals surface area contributed by atoms with E-state index in [1.165, 1.54) is 32.1 Å². The van der Waals surface area contributed by atoms with Crippen molar-refractivity contribution in [1.29, 1.82) is 0 Å². The quantitative estimate of drug-likeness (QED) is 0.523. The molecule has 0 bridgehead atoms. The van der Waals surface area contributed by atoms with Crippen LogP contribution >= 0.6 is 11.3 Å². The minimum absolute atomic E-state index is 0.0643. The number of nitro benzene ring substituents is 1. The lowest BCUT2D eigenvalue weighted by Crippen LogP contribution is -2.34. The van der Waals surface area contributed by atoms with Gasteiger partial charge in [-0.15, -0.1) is 0 Å². The maximum absolute atomic E-state index is 13.1. The molecule has 0 radical (unpaired) electrons. The Morgan fingerprint density at radius 2 is 1.88 bits per heavy atom. The standard InChI is InChI=1S/C21H23F3N4O3S/c22-21(23,24)12-6-13-18(16(7-12)28(30)31)32-20(26-19(13)29)27-9-14-15(10-27)17(14)25-8-11-4-2-1-3-5-11/h6-7,11,14-15,17,25H,1-5,8-10H2/t14-,15+,17?. The molecule has 3 fully saturated rings. The number of piperidine rings is 1. The molecule has 1 aliphatic heterocycles. The number of rotatable bonds is 5. The summed E-state index contributed by atoms with van der Waals surface area (Å²) in [7, 11) is 0. The Bertz CT molecular complexity index is 1100. The minimum atomic E-state index is -4.79. The fourth-order valence-corrected chi connectivity index (χ4v) is 6.34. The van der Waals surface area contributed by atoms with Crippen LogP contribution in [0.4, 0.5) is 24.0 Å². The van der Waals surface area contributed by atoms with Crippen molar-refractivity contribution in [3.63, 3.8) is 0 Å². The van der Waals surface area contributed by atoms with Gasteiger partial charge in [0.15, 0.2) is 5.13 Å². The summed E-state index contributed by atoms with van der Waals surface area (Å²) < 4.78 is 39.3. The lowest BCUT2D eigenvalue weighted by molar-refractivity contribution is -0.383. The van der Waals surface area contributed by atoms with Gasteiger partial charge in [-0.2, -0.15) is 18.2 Å². The van der Waals surface area contributed by atoms with Crippen molar-refractivity contribution >= 4 is 32.2 Å². The number of halogens is 3. The molecular formula is C21H23F3N4O3S. The van der Waals surface area contributed by atoms with Gasteiger partial charge in [0, 0.05) is 25.2 Å². The Morgan fingerprint density at radius 1 is 1.19 bits per heavy atom. The molecule has 11 heteroatoms. The normalized spacial score (nSPS) is 25.8. The van der Waals surface area contributed by atoms with Crippen molar-refractivity contribution in [1.82, 2.24) is 10.3 Å². The summed E-state index contributed by atoms with van der Waals surface area (Å²) in [6, 6.07) is 1.60. The molecule has 32 heavy (non-hydrogen) atoms. The number of benzene rings is 1. The Hall–Kier alpha value is -2.27. The summed E-state index contributed by atoms with van der Waals surface area (Å²) in [6.07, 6.45) is 1.72. The molecule has 2 aliphatic carbocycles. The largest absolute Gasteiger partial charge is 0.416 e. The Labute approximate surface area is 185 Å². The van der Waals surface area contributed by atoms with Crippen LogP contribution in [0.2, 0.25) is 0 Å². The van der Waals surface area contributed by atoms with Crippen molar-refractivity contribution in [2.45, 2.75) is 44.3 Å². The first-order chi connectivity index (χ1) is 15.2. The summed E-state index contributed by atoms with van der Waals surface area (Å²) in [5.41, 5.74) is -2.79. The molecule has 1 aromatic carbocycles. The highest BCUT2D eigenvalue weighted by Crippen LogP contribution is 2.48. The third-order valence-electron chi connectivity index (χ3n) is 7.05. The number of non-ortho nitro benzene ring substituents is 1. The highest BCUT2D eigenvalue weighted by molar-refractivity contribution is 7.22. The van der Waals surface area contributed by atoms with Crippen LogP contribution in [0.3, 0.4) is 0 Å². The van der Waals surface area contributed by atoms with Gasteiger partial charge in [-0.3, -0.25) is 14.9 Å². The van der Waals surface area contributed by atoms with Crippen LogP contribution in [0.5, 0.6) is 0 Å². The average molecular weight is 469 g/mol. The lowest BCUT2D eigenvalue weighted by atomic mass is 9.89. The number of hydrogen-bond donors (Lipinski definition) is 1. The van der Waals surface area contributed by atoms with E-state index >= 15 is 0 Å². The SMILES string of the molecule is O=c1nc(N2C[C@@H]3C(NCC4CCCCC4)[C@@H]3C2)sc2c([N+](=O)[O-])cc(C(F)(F)F)cc12. The second-order valence-corrected chi connectivity index (χ2v) is 10.1. The number of fused-ring (bicyclic) bond motifs is 2. The molecule has 3 atom stereocenters. The molecule has 5 rings (SSSR count). The van der Waals surface area contributed by atoms with Gasteiger partial charge in [0.1, 0.15) is 4.70 Å². The number of alkyl halides is 3. The van der Waals surface area contributed by atoms with E-state index in [0.717, 1.165) is 23.8 Å². The summed E-state index contributed by atoms with van der Waals surface area (Å²) in [6.45, 7) is 2.42. The van der Waals surface area contributed by atoms with Crippen LogP contribution in [0, 0.1) is 27.9 Å². The van der Waals surface area contributed by atoms with E-state index in [2.05, 4.69) is 10.3 Å². The summed E-state index contributed by atoms with van der Waals surface area (Å²) >= 11 is 0.918. The molecule has 1 unspecified atom stereocenters. The number of anilines is 1. The molecule has 0 amide bonds. The fraction of sp³-hybridized carbons (Fsp3) is 0.619. The van der Waals surface area contributed by atoms with Crippen LogP contribution in [-0.2, 0) is 6.18 Å². The van der Waals surface area contributed by atoms with Crippen LogP contribution in [-0.4, -0.2) is 35.6 Å². The molecule has 2 heterocycles. The van der Waals surface area contributed by atoms with E-state index in [9.17, 15) is 28.1 Å². The summed E-state index contributed by atoms with van der Waals surface area (Å²) in [4.78, 5) is 29.0. The highest BCUT2D eigenvalue weighted by atomic mass is 32.1. The van der Waals surface area contributed by atoms with Crippen LogP contribution in [0.1, 0.15) is 37.7 Å². The third kappa shape index (κ3) is 3.96. The Kier molecular flexibility index (Phi) is 5.36. The van der Waals surface area contributed by atoms with Gasteiger partial charge in [0.05, 0.1) is 15.9 Å². The summed E-state index contributed by atoms with van der Waals surface area (Å²) in [5, 5.41) is 15.1. The Morgan fingerprint density at radius 3 is 2.50 bits per heavy atom. The minimum Gasteiger partial charge on any atom is -0.347 e. The number of aromatic nitrogens is 1. The van der Waals surface area contributed by atoms with Crippen LogP contribution in [0.25, 0.3) is 10.1 Å². The molecule has 1 aromatic heterocycles. The van der Waals surface area contributed by atoms with Crippen molar-refractivity contribution < 1.29 is 18.1 Å². The predicted octanol–water partition coefficient (Wildman–Crippen LogP) is 4.19. The average Bonchev–Trinajstić information content (AvgIpc) is 3.20. The first-order valence-electron chi connectivity index (χ1n) is 10.9. The molecule has 1 saturated heterocycles. The highest BCUT2D eigenvalue weighted by Gasteiger charge is 2.56. The van der Waals surface area contributed by atoms with Crippen molar-refractivity contribution in [2.75, 3.05) is 24.5 Å². The smallest absolute Gasteiger partial charge is 0.347 e. The topological polar surface area (TPSA) is 88.4 Å². The van der Waals surface area contributed by atoms with Gasteiger partial charge >= 0.3 is 6.18 Å². The second kappa shape index (κ2) is 7.95. The van der Waals surface area contributed by atoms with Gasteiger partial charge in [-0.05, 0) is 43.2 Å². The molecule has 172 valence electrons. The lowest BCUT2D eigenvalue weighted by Gasteiger charge is -2.24. The summed E-state index contributed by atoms with van der Waals surface area (Å²) in [5.74, 6) is 1.64. The van der Waals surface area contributed by atoms with E-state index in [4.69, 9.17) is 0 Å². The first kappa shape index (κ1) is 21.6. The van der Waals surface area contributed by atoms with Gasteiger partial charge in [0.25, 0.3) is 11.2 Å². The zero-order chi connectivity index (χ0) is 22.6. The molecule has 1 N–H and O–H groups in total. The predicted molar refractivity (Wildman–Crippen MR) is 115 cm³/mol. The first-order valence-corrected chi connectivity index (χ1v) is 11.7. The molecule has 2 saturated carbocycles. The fourth-order valence-electron chi connectivity index (χ4n) is 5.25. The maximum atomic E-state index is 13.1. The zero-order valence-electron chi connectivity index (χ0n) is 17.2. The second-order valence-electron chi connectivity index (χ2n) is 9.10. The van der Waals surface area contributed by atoms with E-state index < -0.39 is 27.9 Å².